The molecule has 0 aliphatic carbocycles. The van der Waals surface area contributed by atoms with Crippen LogP contribution in [0.1, 0.15) is 31.0 Å². The standard InChI is InChI=1S/C15H19F2N3/c1-3-18-15(7-11-9-19-20(4-2)10-11)13-8-12(16)5-6-14(13)17/h5-6,8-10,15,18H,3-4,7H2,1-2H3. The molecule has 0 aliphatic rings. The summed E-state index contributed by atoms with van der Waals surface area (Å²) in [5, 5.41) is 7.40. The van der Waals surface area contributed by atoms with E-state index in [9.17, 15) is 8.78 Å². The maximum Gasteiger partial charge on any atom is 0.128 e. The van der Waals surface area contributed by atoms with Crippen LogP contribution in [-0.2, 0) is 13.0 Å². The molecule has 0 spiro atoms. The zero-order valence-electron chi connectivity index (χ0n) is 11.7. The summed E-state index contributed by atoms with van der Waals surface area (Å²) in [5.41, 5.74) is 1.36. The Bertz CT molecular complexity index is 566. The molecule has 0 amide bonds. The van der Waals surface area contributed by atoms with Crippen LogP contribution in [0.4, 0.5) is 8.78 Å². The number of nitrogens with zero attached hydrogens (tertiary/aromatic N) is 2. The monoisotopic (exact) mass is 279 g/mol. The van der Waals surface area contributed by atoms with Gasteiger partial charge in [-0.1, -0.05) is 6.92 Å². The number of hydrogen-bond acceptors (Lipinski definition) is 2. The van der Waals surface area contributed by atoms with Crippen molar-refractivity contribution in [3.8, 4) is 0 Å². The van der Waals surface area contributed by atoms with E-state index >= 15 is 0 Å². The number of aromatic nitrogens is 2. The van der Waals surface area contributed by atoms with E-state index in [1.165, 1.54) is 12.1 Å². The van der Waals surface area contributed by atoms with Crippen LogP contribution in [0.25, 0.3) is 0 Å². The number of halogens is 2. The maximum absolute atomic E-state index is 13.9. The molecule has 0 saturated carbocycles. The molecule has 0 bridgehead atoms. The molecule has 1 unspecified atom stereocenters. The molecule has 2 rings (SSSR count). The lowest BCUT2D eigenvalue weighted by Crippen LogP contribution is -2.24. The molecule has 2 aromatic rings. The van der Waals surface area contributed by atoms with E-state index in [1.807, 2.05) is 24.7 Å². The van der Waals surface area contributed by atoms with Crippen molar-refractivity contribution in [2.45, 2.75) is 32.9 Å². The van der Waals surface area contributed by atoms with Gasteiger partial charge in [0.2, 0.25) is 0 Å². The van der Waals surface area contributed by atoms with Gasteiger partial charge >= 0.3 is 0 Å². The van der Waals surface area contributed by atoms with Crippen molar-refractivity contribution >= 4 is 0 Å². The maximum atomic E-state index is 13.9. The lowest BCUT2D eigenvalue weighted by atomic mass is 10.00. The fourth-order valence-corrected chi connectivity index (χ4v) is 2.24. The highest BCUT2D eigenvalue weighted by Gasteiger charge is 2.17. The Balaban J connectivity index is 2.23. The smallest absolute Gasteiger partial charge is 0.128 e. The van der Waals surface area contributed by atoms with Gasteiger partial charge in [0.15, 0.2) is 0 Å². The van der Waals surface area contributed by atoms with Crippen LogP contribution < -0.4 is 5.32 Å². The number of rotatable bonds is 6. The molecule has 1 N–H and O–H groups in total. The first kappa shape index (κ1) is 14.7. The van der Waals surface area contributed by atoms with Gasteiger partial charge in [0.25, 0.3) is 0 Å². The van der Waals surface area contributed by atoms with Crippen molar-refractivity contribution < 1.29 is 8.78 Å². The van der Waals surface area contributed by atoms with Crippen molar-refractivity contribution in [1.82, 2.24) is 15.1 Å². The number of likely N-dealkylation sites (N-methyl/N-ethyl adjacent to an activating group) is 1. The lowest BCUT2D eigenvalue weighted by Gasteiger charge is -2.18. The minimum absolute atomic E-state index is 0.259. The second-order valence-corrected chi connectivity index (χ2v) is 4.68. The second kappa shape index (κ2) is 6.61. The summed E-state index contributed by atoms with van der Waals surface area (Å²) in [6, 6.07) is 3.30. The molecule has 1 aromatic heterocycles. The largest absolute Gasteiger partial charge is 0.310 e. The molecule has 0 saturated heterocycles. The van der Waals surface area contributed by atoms with Crippen LogP contribution in [-0.4, -0.2) is 16.3 Å². The molecule has 3 nitrogen and oxygen atoms in total. The number of hydrogen-bond donors (Lipinski definition) is 1. The lowest BCUT2D eigenvalue weighted by molar-refractivity contribution is 0.502. The Morgan fingerprint density at radius 1 is 1.30 bits per heavy atom. The summed E-state index contributed by atoms with van der Waals surface area (Å²) < 4.78 is 29.0. The SMILES string of the molecule is CCNC(Cc1cnn(CC)c1)c1cc(F)ccc1F. The first-order valence-electron chi connectivity index (χ1n) is 6.83. The van der Waals surface area contributed by atoms with E-state index in [0.29, 0.717) is 18.5 Å². The van der Waals surface area contributed by atoms with Crippen LogP contribution in [0.2, 0.25) is 0 Å². The third-order valence-electron chi connectivity index (χ3n) is 3.23. The Morgan fingerprint density at radius 3 is 2.75 bits per heavy atom. The third-order valence-corrected chi connectivity index (χ3v) is 3.23. The van der Waals surface area contributed by atoms with Gasteiger partial charge in [-0.3, -0.25) is 4.68 Å². The quantitative estimate of drug-likeness (QED) is 0.880. The highest BCUT2D eigenvalue weighted by molar-refractivity contribution is 5.24. The van der Waals surface area contributed by atoms with Crippen LogP contribution in [0.5, 0.6) is 0 Å². The van der Waals surface area contributed by atoms with Crippen LogP contribution in [0.15, 0.2) is 30.6 Å². The molecule has 0 radical (unpaired) electrons. The highest BCUT2D eigenvalue weighted by atomic mass is 19.1. The molecule has 1 aromatic carbocycles. The summed E-state index contributed by atoms with van der Waals surface area (Å²) in [4.78, 5) is 0. The summed E-state index contributed by atoms with van der Waals surface area (Å²) in [5.74, 6) is -0.811. The predicted octanol–water partition coefficient (Wildman–Crippen LogP) is 3.07. The molecule has 0 fully saturated rings. The average molecular weight is 279 g/mol. The van der Waals surface area contributed by atoms with Gasteiger partial charge in [0.1, 0.15) is 11.6 Å². The second-order valence-electron chi connectivity index (χ2n) is 4.68. The average Bonchev–Trinajstić information content (AvgIpc) is 2.89. The van der Waals surface area contributed by atoms with Crippen molar-refractivity contribution in [1.29, 1.82) is 0 Å². The van der Waals surface area contributed by atoms with Gasteiger partial charge in [-0.25, -0.2) is 8.78 Å². The first-order valence-corrected chi connectivity index (χ1v) is 6.83. The van der Waals surface area contributed by atoms with Gasteiger partial charge in [-0.15, -0.1) is 0 Å². The topological polar surface area (TPSA) is 29.9 Å². The highest BCUT2D eigenvalue weighted by Crippen LogP contribution is 2.22. The van der Waals surface area contributed by atoms with Crippen molar-refractivity contribution in [2.75, 3.05) is 6.54 Å². The number of nitrogens with one attached hydrogen (secondary N) is 1. The zero-order valence-corrected chi connectivity index (χ0v) is 11.7. The van der Waals surface area contributed by atoms with E-state index < -0.39 is 5.82 Å². The van der Waals surface area contributed by atoms with Gasteiger partial charge in [-0.05, 0) is 43.7 Å². The molecular weight excluding hydrogens is 260 g/mol. The Kier molecular flexibility index (Phi) is 4.84. The molecule has 1 atom stereocenters. The summed E-state index contributed by atoms with van der Waals surface area (Å²) in [7, 11) is 0. The van der Waals surface area contributed by atoms with E-state index in [4.69, 9.17) is 0 Å². The molecule has 5 heteroatoms. The van der Waals surface area contributed by atoms with Crippen LogP contribution in [0.3, 0.4) is 0 Å². The fraction of sp³-hybridized carbons (Fsp3) is 0.400. The normalized spacial score (nSPS) is 12.6. The van der Waals surface area contributed by atoms with Crippen molar-refractivity contribution in [2.24, 2.45) is 0 Å². The Labute approximate surface area is 117 Å². The minimum atomic E-state index is -0.423. The third kappa shape index (κ3) is 3.42. The Hall–Kier alpha value is -1.75. The minimum Gasteiger partial charge on any atom is -0.310 e. The van der Waals surface area contributed by atoms with Crippen LogP contribution >= 0.6 is 0 Å². The van der Waals surface area contributed by atoms with Crippen molar-refractivity contribution in [3.05, 3.63) is 53.4 Å². The predicted molar refractivity (Wildman–Crippen MR) is 74.4 cm³/mol. The van der Waals surface area contributed by atoms with Gasteiger partial charge in [0, 0.05) is 24.3 Å². The molecule has 1 heterocycles. The molecule has 108 valence electrons. The van der Waals surface area contributed by atoms with E-state index in [0.717, 1.165) is 18.2 Å². The van der Waals surface area contributed by atoms with Crippen molar-refractivity contribution in [3.63, 3.8) is 0 Å². The fourth-order valence-electron chi connectivity index (χ4n) is 2.24. The Morgan fingerprint density at radius 2 is 2.10 bits per heavy atom. The van der Waals surface area contributed by atoms with Gasteiger partial charge in [0.05, 0.1) is 6.20 Å². The molecule has 20 heavy (non-hydrogen) atoms. The summed E-state index contributed by atoms with van der Waals surface area (Å²) >= 11 is 0. The zero-order chi connectivity index (χ0) is 14.5. The number of benzene rings is 1. The van der Waals surface area contributed by atoms with E-state index in [1.54, 1.807) is 6.20 Å². The van der Waals surface area contributed by atoms with Gasteiger partial charge < -0.3 is 5.32 Å². The molecular formula is C15H19F2N3. The van der Waals surface area contributed by atoms with E-state index in [2.05, 4.69) is 10.4 Å². The summed E-state index contributed by atoms with van der Waals surface area (Å²) in [6.45, 7) is 5.42. The first-order chi connectivity index (χ1) is 9.63. The van der Waals surface area contributed by atoms with E-state index in [-0.39, 0.29) is 11.9 Å². The van der Waals surface area contributed by atoms with Gasteiger partial charge in [-0.2, -0.15) is 5.10 Å². The number of aryl methyl sites for hydroxylation is 1. The molecule has 0 aliphatic heterocycles. The summed E-state index contributed by atoms with van der Waals surface area (Å²) in [6.07, 6.45) is 4.28. The van der Waals surface area contributed by atoms with Crippen LogP contribution in [0, 0.1) is 11.6 Å².